The molecule has 0 fully saturated rings. The Kier molecular flexibility index (Phi) is 9.64. The van der Waals surface area contributed by atoms with Gasteiger partial charge in [0.25, 0.3) is 0 Å². The van der Waals surface area contributed by atoms with Crippen LogP contribution >= 0.6 is 15.9 Å². The summed E-state index contributed by atoms with van der Waals surface area (Å²) < 4.78 is 25.1. The summed E-state index contributed by atoms with van der Waals surface area (Å²) in [5.74, 6) is -1.04. The first-order valence-corrected chi connectivity index (χ1v) is 12.0. The number of ether oxygens (including phenoxy) is 2. The molecule has 2 aromatic carbocycles. The molecule has 0 radical (unpaired) electrons. The second-order valence-corrected chi connectivity index (χ2v) is 10.1. The van der Waals surface area contributed by atoms with Crippen LogP contribution in [0.15, 0.2) is 53.0 Å². The number of hydrogen-bond donors (Lipinski definition) is 1. The van der Waals surface area contributed by atoms with E-state index in [-0.39, 0.29) is 32.0 Å². The van der Waals surface area contributed by atoms with Crippen molar-refractivity contribution in [3.8, 4) is 0 Å². The molecule has 0 heterocycles. The molecule has 0 spiro atoms. The number of hydrogen-bond acceptors (Lipinski definition) is 5. The number of halogens is 2. The maximum atomic E-state index is 13.5. The highest BCUT2D eigenvalue weighted by Gasteiger charge is 2.36. The highest BCUT2D eigenvalue weighted by Crippen LogP contribution is 2.32. The fourth-order valence-corrected chi connectivity index (χ4v) is 3.80. The predicted molar refractivity (Wildman–Crippen MR) is 132 cm³/mol. The summed E-state index contributed by atoms with van der Waals surface area (Å²) in [5, 5.41) is 11.5. The maximum absolute atomic E-state index is 13.5. The van der Waals surface area contributed by atoms with Crippen LogP contribution in [0.2, 0.25) is 0 Å². The summed E-state index contributed by atoms with van der Waals surface area (Å²) in [6.45, 7) is 9.14. The molecule has 0 aliphatic carbocycles. The monoisotopic (exact) mass is 537 g/mol. The van der Waals surface area contributed by atoms with Crippen LogP contribution in [0.1, 0.15) is 64.6 Å². The van der Waals surface area contributed by atoms with Gasteiger partial charge in [0.1, 0.15) is 17.0 Å². The summed E-state index contributed by atoms with van der Waals surface area (Å²) in [5.41, 5.74) is -1.14. The van der Waals surface area contributed by atoms with Gasteiger partial charge in [0, 0.05) is 11.0 Å². The van der Waals surface area contributed by atoms with Crippen LogP contribution in [0.25, 0.3) is 0 Å². The molecular weight excluding hydrogens is 505 g/mol. The highest BCUT2D eigenvalue weighted by molar-refractivity contribution is 9.10. The Morgan fingerprint density at radius 1 is 1.09 bits per heavy atom. The standard InChI is InChI=1S/C26H33BrFNO5/c1-6-33-23(30)17-26(32,20-9-13-22(28)14-10-20)15-16-29(24(31)34-25(3,4)5)18(2)19-7-11-21(27)12-8-19/h7-14,18,32H,6,15-17H2,1-5H3. The van der Waals surface area contributed by atoms with Gasteiger partial charge in [0.05, 0.1) is 19.1 Å². The van der Waals surface area contributed by atoms with Crippen LogP contribution in [0.4, 0.5) is 9.18 Å². The first kappa shape index (κ1) is 27.8. The van der Waals surface area contributed by atoms with Gasteiger partial charge in [-0.15, -0.1) is 0 Å². The fraction of sp³-hybridized carbons (Fsp3) is 0.462. The van der Waals surface area contributed by atoms with E-state index in [0.717, 1.165) is 10.0 Å². The van der Waals surface area contributed by atoms with Gasteiger partial charge in [-0.05, 0) is 76.4 Å². The SMILES string of the molecule is CCOC(=O)CC(O)(CCN(C(=O)OC(C)(C)C)C(C)c1ccc(Br)cc1)c1ccc(F)cc1. The number of aliphatic hydroxyl groups is 1. The van der Waals surface area contributed by atoms with Crippen LogP contribution in [0, 0.1) is 5.82 Å². The first-order chi connectivity index (χ1) is 15.8. The molecule has 8 heteroatoms. The molecule has 2 unspecified atom stereocenters. The highest BCUT2D eigenvalue weighted by atomic mass is 79.9. The lowest BCUT2D eigenvalue weighted by molar-refractivity contribution is -0.149. The third-order valence-electron chi connectivity index (χ3n) is 5.34. The van der Waals surface area contributed by atoms with Gasteiger partial charge >= 0.3 is 12.1 Å². The van der Waals surface area contributed by atoms with Crippen molar-refractivity contribution in [2.75, 3.05) is 13.2 Å². The fourth-order valence-electron chi connectivity index (χ4n) is 3.54. The predicted octanol–water partition coefficient (Wildman–Crippen LogP) is 6.12. The molecule has 186 valence electrons. The van der Waals surface area contributed by atoms with Gasteiger partial charge in [-0.1, -0.05) is 40.2 Å². The van der Waals surface area contributed by atoms with Gasteiger partial charge < -0.3 is 19.5 Å². The van der Waals surface area contributed by atoms with E-state index in [1.807, 2.05) is 31.2 Å². The molecule has 1 amide bonds. The Morgan fingerprint density at radius 2 is 1.68 bits per heavy atom. The van der Waals surface area contributed by atoms with Gasteiger partial charge in [0.15, 0.2) is 0 Å². The summed E-state index contributed by atoms with van der Waals surface area (Å²) in [6.07, 6.45) is -0.862. The molecule has 2 atom stereocenters. The van der Waals surface area contributed by atoms with E-state index in [2.05, 4.69) is 15.9 Å². The molecule has 0 aliphatic heterocycles. The average molecular weight is 538 g/mol. The molecule has 0 bridgehead atoms. The first-order valence-electron chi connectivity index (χ1n) is 11.2. The number of amides is 1. The van der Waals surface area contributed by atoms with E-state index in [1.54, 1.807) is 27.7 Å². The van der Waals surface area contributed by atoms with E-state index >= 15 is 0 Å². The zero-order valence-electron chi connectivity index (χ0n) is 20.3. The van der Waals surface area contributed by atoms with E-state index in [4.69, 9.17) is 9.47 Å². The lowest BCUT2D eigenvalue weighted by Crippen LogP contribution is -2.42. The van der Waals surface area contributed by atoms with Gasteiger partial charge in [-0.3, -0.25) is 4.79 Å². The Balaban J connectivity index is 2.36. The van der Waals surface area contributed by atoms with Crippen molar-refractivity contribution < 1.29 is 28.6 Å². The van der Waals surface area contributed by atoms with Gasteiger partial charge in [-0.25, -0.2) is 9.18 Å². The number of esters is 1. The van der Waals surface area contributed by atoms with Crippen molar-refractivity contribution in [2.45, 2.75) is 64.7 Å². The van der Waals surface area contributed by atoms with Crippen molar-refractivity contribution in [3.63, 3.8) is 0 Å². The molecule has 2 aromatic rings. The Bertz CT molecular complexity index is 959. The Labute approximate surface area is 209 Å². The molecule has 0 saturated heterocycles. The third kappa shape index (κ3) is 8.09. The summed E-state index contributed by atoms with van der Waals surface area (Å²) in [4.78, 5) is 26.9. The van der Waals surface area contributed by atoms with Crippen LogP contribution in [0.3, 0.4) is 0 Å². The second-order valence-electron chi connectivity index (χ2n) is 9.17. The Hall–Kier alpha value is -2.45. The summed E-state index contributed by atoms with van der Waals surface area (Å²) in [6, 6.07) is 12.5. The van der Waals surface area contributed by atoms with Crippen LogP contribution in [0.5, 0.6) is 0 Å². The lowest BCUT2D eigenvalue weighted by Gasteiger charge is -2.35. The number of carbonyl (C=O) groups excluding carboxylic acids is 2. The number of nitrogens with zero attached hydrogens (tertiary/aromatic N) is 1. The normalized spacial score (nSPS) is 14.1. The van der Waals surface area contributed by atoms with Crippen LogP contribution < -0.4 is 0 Å². The van der Waals surface area contributed by atoms with E-state index < -0.39 is 29.1 Å². The molecule has 34 heavy (non-hydrogen) atoms. The van der Waals surface area contributed by atoms with Crippen molar-refractivity contribution in [3.05, 3.63) is 69.9 Å². The molecule has 0 aliphatic rings. The molecular formula is C26H33BrFNO5. The zero-order chi connectivity index (χ0) is 25.5. The van der Waals surface area contributed by atoms with Crippen LogP contribution in [-0.2, 0) is 19.9 Å². The largest absolute Gasteiger partial charge is 0.466 e. The zero-order valence-corrected chi connectivity index (χ0v) is 21.9. The van der Waals surface area contributed by atoms with Gasteiger partial charge in [0.2, 0.25) is 0 Å². The molecule has 6 nitrogen and oxygen atoms in total. The topological polar surface area (TPSA) is 76.1 Å². The number of benzene rings is 2. The van der Waals surface area contributed by atoms with Crippen molar-refractivity contribution in [1.29, 1.82) is 0 Å². The maximum Gasteiger partial charge on any atom is 0.410 e. The van der Waals surface area contributed by atoms with E-state index in [1.165, 1.54) is 29.2 Å². The van der Waals surface area contributed by atoms with Crippen molar-refractivity contribution >= 4 is 28.0 Å². The average Bonchev–Trinajstić information content (AvgIpc) is 2.73. The quantitative estimate of drug-likeness (QED) is 0.390. The smallest absolute Gasteiger partial charge is 0.410 e. The molecule has 1 N–H and O–H groups in total. The Morgan fingerprint density at radius 3 is 2.21 bits per heavy atom. The lowest BCUT2D eigenvalue weighted by atomic mass is 9.86. The van der Waals surface area contributed by atoms with Crippen molar-refractivity contribution in [2.24, 2.45) is 0 Å². The van der Waals surface area contributed by atoms with Gasteiger partial charge in [-0.2, -0.15) is 0 Å². The minimum atomic E-state index is -1.67. The summed E-state index contributed by atoms with van der Waals surface area (Å²) in [7, 11) is 0. The number of carbonyl (C=O) groups is 2. The van der Waals surface area contributed by atoms with E-state index in [9.17, 15) is 19.1 Å². The van der Waals surface area contributed by atoms with Crippen LogP contribution in [-0.4, -0.2) is 40.8 Å². The third-order valence-corrected chi connectivity index (χ3v) is 5.87. The second kappa shape index (κ2) is 11.8. The molecule has 2 rings (SSSR count). The molecule has 0 saturated carbocycles. The number of rotatable bonds is 9. The molecule has 0 aromatic heterocycles. The van der Waals surface area contributed by atoms with Crippen molar-refractivity contribution in [1.82, 2.24) is 4.90 Å². The minimum Gasteiger partial charge on any atom is -0.466 e. The summed E-state index contributed by atoms with van der Waals surface area (Å²) >= 11 is 3.41. The van der Waals surface area contributed by atoms with E-state index in [0.29, 0.717) is 5.56 Å². The minimum absolute atomic E-state index is 0.0115.